The third-order valence-electron chi connectivity index (χ3n) is 5.24. The molecule has 1 aliphatic carbocycles. The van der Waals surface area contributed by atoms with Crippen LogP contribution >= 0.6 is 0 Å². The number of aryl methyl sites for hydroxylation is 1. The minimum absolute atomic E-state index is 0.00605. The number of nitrogens with one attached hydrogen (secondary N) is 1. The van der Waals surface area contributed by atoms with Crippen molar-refractivity contribution in [1.29, 1.82) is 5.26 Å². The third kappa shape index (κ3) is 3.45. The number of nitriles is 1. The van der Waals surface area contributed by atoms with E-state index in [4.69, 9.17) is 15.0 Å². The highest BCUT2D eigenvalue weighted by Gasteiger charge is 2.27. The number of rotatable bonds is 5. The van der Waals surface area contributed by atoms with Crippen molar-refractivity contribution in [1.82, 2.24) is 9.72 Å². The predicted octanol–water partition coefficient (Wildman–Crippen LogP) is 2.77. The van der Waals surface area contributed by atoms with Crippen molar-refractivity contribution in [2.45, 2.75) is 52.5 Å². The number of ether oxygens (including phenoxy) is 1. The Kier molecular flexibility index (Phi) is 5.40. The van der Waals surface area contributed by atoms with Gasteiger partial charge in [-0.05, 0) is 39.2 Å². The first-order chi connectivity index (χ1) is 13.3. The van der Waals surface area contributed by atoms with Gasteiger partial charge in [0.1, 0.15) is 17.5 Å². The molecule has 0 unspecified atom stereocenters. The minimum atomic E-state index is -0.787. The van der Waals surface area contributed by atoms with Gasteiger partial charge in [0.15, 0.2) is 6.61 Å². The molecule has 0 radical (unpaired) electrons. The molecule has 1 saturated carbocycles. The number of esters is 1. The lowest BCUT2D eigenvalue weighted by Crippen LogP contribution is -2.24. The lowest BCUT2D eigenvalue weighted by molar-refractivity contribution is -0.119. The predicted molar refractivity (Wildman–Crippen MR) is 101 cm³/mol. The van der Waals surface area contributed by atoms with Gasteiger partial charge in [-0.15, -0.1) is 0 Å². The molecule has 1 fully saturated rings. The third-order valence-corrected chi connectivity index (χ3v) is 5.24. The summed E-state index contributed by atoms with van der Waals surface area (Å²) in [4.78, 5) is 24.6. The number of anilines is 2. The van der Waals surface area contributed by atoms with Gasteiger partial charge in [-0.1, -0.05) is 18.0 Å². The zero-order valence-electron chi connectivity index (χ0n) is 16.2. The maximum atomic E-state index is 12.4. The number of nitrogens with zero attached hydrogens (tertiary/aromatic N) is 3. The molecule has 2 aromatic rings. The smallest absolute Gasteiger partial charge is 0.346 e. The Morgan fingerprint density at radius 2 is 2.04 bits per heavy atom. The fraction of sp³-hybridized carbons (Fsp3) is 0.474. The van der Waals surface area contributed by atoms with Gasteiger partial charge in [-0.25, -0.2) is 4.79 Å². The summed E-state index contributed by atoms with van der Waals surface area (Å²) < 4.78 is 11.8. The topological polar surface area (TPSA) is 136 Å². The molecule has 1 aliphatic rings. The first-order valence-electron chi connectivity index (χ1n) is 9.15. The molecule has 3 N–H and O–H groups in total. The second kappa shape index (κ2) is 7.76. The van der Waals surface area contributed by atoms with Gasteiger partial charge in [0.2, 0.25) is 5.88 Å². The Labute approximate surface area is 162 Å². The molecule has 3 rings (SSSR count). The largest absolute Gasteiger partial charge is 0.452 e. The van der Waals surface area contributed by atoms with E-state index in [-0.39, 0.29) is 23.2 Å². The Balaban J connectivity index is 1.76. The van der Waals surface area contributed by atoms with Crippen molar-refractivity contribution in [3.8, 4) is 6.07 Å². The monoisotopic (exact) mass is 385 g/mol. The molecular formula is C19H23N5O4. The number of amides is 1. The quantitative estimate of drug-likeness (QED) is 0.755. The maximum absolute atomic E-state index is 12.4. The van der Waals surface area contributed by atoms with Crippen LogP contribution in [0.25, 0.3) is 0 Å². The maximum Gasteiger partial charge on any atom is 0.346 e. The summed E-state index contributed by atoms with van der Waals surface area (Å²) in [7, 11) is 0. The van der Waals surface area contributed by atoms with Crippen LogP contribution in [0.15, 0.2) is 4.52 Å². The van der Waals surface area contributed by atoms with E-state index >= 15 is 0 Å². The minimum Gasteiger partial charge on any atom is -0.452 e. The van der Waals surface area contributed by atoms with E-state index in [0.717, 1.165) is 36.9 Å². The average molecular weight is 385 g/mol. The van der Waals surface area contributed by atoms with Gasteiger partial charge in [0, 0.05) is 11.7 Å². The number of hydrogen-bond donors (Lipinski definition) is 2. The molecule has 1 amide bonds. The van der Waals surface area contributed by atoms with E-state index in [1.54, 1.807) is 6.92 Å². The molecule has 2 heterocycles. The molecule has 0 spiro atoms. The molecular weight excluding hydrogens is 362 g/mol. The van der Waals surface area contributed by atoms with Crippen LogP contribution in [0.1, 0.15) is 64.6 Å². The number of nitrogens with two attached hydrogens (primary N) is 1. The van der Waals surface area contributed by atoms with Crippen molar-refractivity contribution in [2.75, 3.05) is 17.7 Å². The second-order valence-corrected chi connectivity index (χ2v) is 6.99. The lowest BCUT2D eigenvalue weighted by Gasteiger charge is -2.19. The van der Waals surface area contributed by atoms with Crippen molar-refractivity contribution in [3.63, 3.8) is 0 Å². The van der Waals surface area contributed by atoms with Crippen LogP contribution in [0.3, 0.4) is 0 Å². The van der Waals surface area contributed by atoms with E-state index in [2.05, 4.69) is 16.5 Å². The van der Waals surface area contributed by atoms with Crippen LogP contribution in [-0.4, -0.2) is 28.2 Å². The average Bonchev–Trinajstić information content (AvgIpc) is 3.34. The van der Waals surface area contributed by atoms with Crippen molar-refractivity contribution < 1.29 is 18.8 Å². The Hall–Kier alpha value is -3.28. The first-order valence-corrected chi connectivity index (χ1v) is 9.15. The van der Waals surface area contributed by atoms with Crippen LogP contribution in [0.4, 0.5) is 11.7 Å². The number of carbonyl (C=O) groups is 2. The molecule has 28 heavy (non-hydrogen) atoms. The fourth-order valence-corrected chi connectivity index (χ4v) is 3.71. The molecule has 148 valence electrons. The number of aromatic nitrogens is 2. The first kappa shape index (κ1) is 19.5. The van der Waals surface area contributed by atoms with E-state index in [1.165, 1.54) is 0 Å². The van der Waals surface area contributed by atoms with Crippen LogP contribution in [0.5, 0.6) is 0 Å². The van der Waals surface area contributed by atoms with E-state index < -0.39 is 18.5 Å². The van der Waals surface area contributed by atoms with Gasteiger partial charge < -0.3 is 24.9 Å². The van der Waals surface area contributed by atoms with Crippen LogP contribution in [0, 0.1) is 32.1 Å². The van der Waals surface area contributed by atoms with Crippen LogP contribution < -0.4 is 11.1 Å². The van der Waals surface area contributed by atoms with Gasteiger partial charge in [-0.2, -0.15) is 5.26 Å². The highest BCUT2D eigenvalue weighted by atomic mass is 16.5. The zero-order valence-corrected chi connectivity index (χ0v) is 16.2. The molecule has 0 aliphatic heterocycles. The molecule has 0 saturated heterocycles. The zero-order chi connectivity index (χ0) is 20.4. The summed E-state index contributed by atoms with van der Waals surface area (Å²) in [6, 6.07) is 2.42. The van der Waals surface area contributed by atoms with Crippen molar-refractivity contribution in [3.05, 3.63) is 28.1 Å². The summed E-state index contributed by atoms with van der Waals surface area (Å²) in [6.45, 7) is 4.85. The Bertz CT molecular complexity index is 941. The lowest BCUT2D eigenvalue weighted by atomic mass is 10.2. The number of nitrogen functional groups attached to an aromatic ring is 1. The number of carbonyl (C=O) groups excluding carboxylic acids is 2. The fourth-order valence-electron chi connectivity index (χ4n) is 3.71. The highest BCUT2D eigenvalue weighted by Crippen LogP contribution is 2.37. The molecule has 0 aromatic carbocycles. The summed E-state index contributed by atoms with van der Waals surface area (Å²) in [5.41, 5.74) is 8.08. The van der Waals surface area contributed by atoms with E-state index in [0.29, 0.717) is 11.4 Å². The van der Waals surface area contributed by atoms with Crippen LogP contribution in [-0.2, 0) is 9.53 Å². The number of hydrogen-bond acceptors (Lipinski definition) is 7. The molecule has 0 bridgehead atoms. The molecule has 2 aromatic heterocycles. The van der Waals surface area contributed by atoms with Gasteiger partial charge in [-0.3, -0.25) is 4.79 Å². The second-order valence-electron chi connectivity index (χ2n) is 6.99. The molecule has 9 nitrogen and oxygen atoms in total. The highest BCUT2D eigenvalue weighted by molar-refractivity contribution is 5.98. The molecule has 9 heteroatoms. The van der Waals surface area contributed by atoms with Gasteiger partial charge in [0.25, 0.3) is 5.91 Å². The van der Waals surface area contributed by atoms with Gasteiger partial charge >= 0.3 is 5.97 Å². The Morgan fingerprint density at radius 3 is 2.61 bits per heavy atom. The van der Waals surface area contributed by atoms with Crippen molar-refractivity contribution >= 4 is 23.6 Å². The van der Waals surface area contributed by atoms with Crippen molar-refractivity contribution in [2.24, 2.45) is 0 Å². The van der Waals surface area contributed by atoms with Gasteiger partial charge in [0.05, 0.1) is 11.3 Å². The SMILES string of the molecule is Cc1noc(N)c1C(=O)OCC(=O)Nc1c(C#N)c(C)c(C)n1C1CCCC1. The summed E-state index contributed by atoms with van der Waals surface area (Å²) in [5, 5.41) is 15.9. The standard InChI is InChI=1S/C19H23N5O4/c1-10-12(3)24(13-6-4-5-7-13)18(14(10)8-20)22-15(25)9-27-19(26)16-11(2)23-28-17(16)21/h13H,4-7,9,21H2,1-3H3,(H,22,25). The van der Waals surface area contributed by atoms with Crippen LogP contribution in [0.2, 0.25) is 0 Å². The Morgan fingerprint density at radius 1 is 1.36 bits per heavy atom. The van der Waals surface area contributed by atoms with E-state index in [9.17, 15) is 14.9 Å². The summed E-state index contributed by atoms with van der Waals surface area (Å²) in [6.07, 6.45) is 4.24. The molecule has 0 atom stereocenters. The van der Waals surface area contributed by atoms with E-state index in [1.807, 2.05) is 18.4 Å². The summed E-state index contributed by atoms with van der Waals surface area (Å²) in [5.74, 6) is -1.01. The summed E-state index contributed by atoms with van der Waals surface area (Å²) >= 11 is 0. The normalized spacial score (nSPS) is 14.1.